The van der Waals surface area contributed by atoms with Crippen LogP contribution in [0, 0.1) is 5.92 Å². The molecule has 2 heterocycles. The first kappa shape index (κ1) is 19.7. The molecule has 1 aromatic heterocycles. The van der Waals surface area contributed by atoms with E-state index in [2.05, 4.69) is 5.10 Å². The molecule has 5 nitrogen and oxygen atoms in total. The molecule has 3 rings (SSSR count). The Morgan fingerprint density at radius 2 is 1.96 bits per heavy atom. The minimum Gasteiger partial charge on any atom is -0.379 e. The van der Waals surface area contributed by atoms with E-state index in [9.17, 15) is 18.0 Å². The summed E-state index contributed by atoms with van der Waals surface area (Å²) in [5.74, 6) is -0.464. The van der Waals surface area contributed by atoms with Crippen LogP contribution >= 0.6 is 11.6 Å². The number of halogens is 4. The quantitative estimate of drug-likeness (QED) is 0.779. The van der Waals surface area contributed by atoms with Gasteiger partial charge in [-0.1, -0.05) is 18.5 Å². The minimum atomic E-state index is -4.75. The molecular formula is C18H19ClF3N3O2. The highest BCUT2D eigenvalue weighted by atomic mass is 35.5. The summed E-state index contributed by atoms with van der Waals surface area (Å²) < 4.78 is 47.4. The molecule has 9 heteroatoms. The summed E-state index contributed by atoms with van der Waals surface area (Å²) in [4.78, 5) is 14.2. The average Bonchev–Trinajstić information content (AvgIpc) is 3.07. The Labute approximate surface area is 159 Å². The predicted octanol–water partition coefficient (Wildman–Crippen LogP) is 4.04. The van der Waals surface area contributed by atoms with Crippen LogP contribution in [0.4, 0.5) is 13.2 Å². The maximum atomic E-state index is 13.8. The van der Waals surface area contributed by atoms with Crippen molar-refractivity contribution in [2.24, 2.45) is 5.92 Å². The van der Waals surface area contributed by atoms with Gasteiger partial charge in [0.1, 0.15) is 0 Å². The standard InChI is InChI=1S/C18H19ClF3N3O2/c1-11-7-8-24(10-15(11)27-2)17(26)14-9-23-25(16(14)18(20,21)22)13-5-3-12(19)4-6-13/h3-6,9,11,15H,7-8,10H2,1-2H3/t11-,15+/m1/s1. The number of aromatic nitrogens is 2. The molecular weight excluding hydrogens is 383 g/mol. The fourth-order valence-electron chi connectivity index (χ4n) is 3.25. The molecule has 0 radical (unpaired) electrons. The smallest absolute Gasteiger partial charge is 0.379 e. The molecule has 1 saturated heterocycles. The van der Waals surface area contributed by atoms with E-state index < -0.39 is 23.3 Å². The number of likely N-dealkylation sites (tertiary alicyclic amines) is 1. The zero-order valence-electron chi connectivity index (χ0n) is 14.8. The molecule has 2 atom stereocenters. The first-order valence-corrected chi connectivity index (χ1v) is 8.83. The van der Waals surface area contributed by atoms with Crippen LogP contribution in [0.5, 0.6) is 0 Å². The summed E-state index contributed by atoms with van der Waals surface area (Å²) in [6, 6.07) is 5.77. The third-order valence-corrected chi connectivity index (χ3v) is 5.07. The van der Waals surface area contributed by atoms with Crippen LogP contribution in [0.3, 0.4) is 0 Å². The summed E-state index contributed by atoms with van der Waals surface area (Å²) in [5.41, 5.74) is -1.39. The Morgan fingerprint density at radius 3 is 2.56 bits per heavy atom. The summed E-state index contributed by atoms with van der Waals surface area (Å²) in [5, 5.41) is 4.22. The second-order valence-electron chi connectivity index (χ2n) is 6.58. The molecule has 0 saturated carbocycles. The van der Waals surface area contributed by atoms with Crippen molar-refractivity contribution in [2.45, 2.75) is 25.6 Å². The van der Waals surface area contributed by atoms with E-state index in [0.717, 1.165) is 10.9 Å². The van der Waals surface area contributed by atoms with E-state index >= 15 is 0 Å². The molecule has 1 fully saturated rings. The van der Waals surface area contributed by atoms with Crippen LogP contribution in [0.1, 0.15) is 29.4 Å². The van der Waals surface area contributed by atoms with Gasteiger partial charge in [0, 0.05) is 25.2 Å². The number of hydrogen-bond acceptors (Lipinski definition) is 3. The number of methoxy groups -OCH3 is 1. The van der Waals surface area contributed by atoms with Crippen molar-refractivity contribution in [1.29, 1.82) is 0 Å². The molecule has 146 valence electrons. The molecule has 0 bridgehead atoms. The molecule has 1 aliphatic heterocycles. The lowest BCUT2D eigenvalue weighted by atomic mass is 9.95. The number of ether oxygens (including phenoxy) is 1. The van der Waals surface area contributed by atoms with Crippen molar-refractivity contribution in [1.82, 2.24) is 14.7 Å². The van der Waals surface area contributed by atoms with Crippen LogP contribution in [0.15, 0.2) is 30.5 Å². The van der Waals surface area contributed by atoms with Gasteiger partial charge in [-0.25, -0.2) is 4.68 Å². The fourth-order valence-corrected chi connectivity index (χ4v) is 3.38. The number of carbonyl (C=O) groups excluding carboxylic acids is 1. The van der Waals surface area contributed by atoms with Crippen LogP contribution in [-0.4, -0.2) is 46.9 Å². The number of amides is 1. The highest BCUT2D eigenvalue weighted by Crippen LogP contribution is 2.35. The Morgan fingerprint density at radius 1 is 1.30 bits per heavy atom. The highest BCUT2D eigenvalue weighted by molar-refractivity contribution is 6.30. The van der Waals surface area contributed by atoms with Crippen LogP contribution in [0.2, 0.25) is 5.02 Å². The van der Waals surface area contributed by atoms with Gasteiger partial charge in [0.05, 0.1) is 23.6 Å². The predicted molar refractivity (Wildman–Crippen MR) is 94.1 cm³/mol. The van der Waals surface area contributed by atoms with Crippen molar-refractivity contribution < 1.29 is 22.7 Å². The molecule has 1 aliphatic rings. The van der Waals surface area contributed by atoms with Gasteiger partial charge in [-0.05, 0) is 36.6 Å². The molecule has 0 spiro atoms. The number of hydrogen-bond donors (Lipinski definition) is 0. The number of carbonyl (C=O) groups is 1. The van der Waals surface area contributed by atoms with Gasteiger partial charge in [0.15, 0.2) is 5.69 Å². The fraction of sp³-hybridized carbons (Fsp3) is 0.444. The van der Waals surface area contributed by atoms with Gasteiger partial charge >= 0.3 is 6.18 Å². The second-order valence-corrected chi connectivity index (χ2v) is 7.02. The molecule has 1 aromatic carbocycles. The second kappa shape index (κ2) is 7.52. The highest BCUT2D eigenvalue weighted by Gasteiger charge is 2.42. The van der Waals surface area contributed by atoms with Crippen molar-refractivity contribution in [3.05, 3.63) is 46.7 Å². The lowest BCUT2D eigenvalue weighted by molar-refractivity contribution is -0.143. The van der Waals surface area contributed by atoms with E-state index in [-0.39, 0.29) is 24.3 Å². The number of benzene rings is 1. The first-order valence-electron chi connectivity index (χ1n) is 8.45. The van der Waals surface area contributed by atoms with Crippen molar-refractivity contribution in [3.8, 4) is 5.69 Å². The van der Waals surface area contributed by atoms with Gasteiger partial charge in [0.2, 0.25) is 0 Å². The Bertz CT molecular complexity index is 820. The van der Waals surface area contributed by atoms with Crippen LogP contribution < -0.4 is 0 Å². The van der Waals surface area contributed by atoms with Crippen LogP contribution in [0.25, 0.3) is 5.69 Å². The first-order chi connectivity index (χ1) is 12.7. The summed E-state index contributed by atoms with van der Waals surface area (Å²) in [6.45, 7) is 2.62. The van der Waals surface area contributed by atoms with Gasteiger partial charge in [0.25, 0.3) is 5.91 Å². The van der Waals surface area contributed by atoms with Gasteiger partial charge in [-0.15, -0.1) is 0 Å². The molecule has 0 unspecified atom stereocenters. The summed E-state index contributed by atoms with van der Waals surface area (Å²) >= 11 is 5.80. The Hall–Kier alpha value is -2.06. The van der Waals surface area contributed by atoms with Crippen molar-refractivity contribution in [3.63, 3.8) is 0 Å². The lowest BCUT2D eigenvalue weighted by Crippen LogP contribution is -2.47. The normalized spacial score (nSPS) is 20.7. The summed E-state index contributed by atoms with van der Waals surface area (Å²) in [6.07, 6.45) is -3.31. The maximum absolute atomic E-state index is 13.8. The Kier molecular flexibility index (Phi) is 5.48. The molecule has 0 N–H and O–H groups in total. The SMILES string of the molecule is CO[C@H]1CN(C(=O)c2cnn(-c3ccc(Cl)cc3)c2C(F)(F)F)CC[C@H]1C. The van der Waals surface area contributed by atoms with Crippen molar-refractivity contribution >= 4 is 17.5 Å². The van der Waals surface area contributed by atoms with Crippen molar-refractivity contribution in [2.75, 3.05) is 20.2 Å². The number of alkyl halides is 3. The Balaban J connectivity index is 1.98. The largest absolute Gasteiger partial charge is 0.434 e. The molecule has 1 amide bonds. The minimum absolute atomic E-state index is 0.174. The number of nitrogens with zero attached hydrogens (tertiary/aromatic N) is 3. The third kappa shape index (κ3) is 3.96. The maximum Gasteiger partial charge on any atom is 0.434 e. The van der Waals surface area contributed by atoms with E-state index in [1.54, 1.807) is 0 Å². The zero-order valence-corrected chi connectivity index (χ0v) is 15.6. The van der Waals surface area contributed by atoms with E-state index in [4.69, 9.17) is 16.3 Å². The number of rotatable bonds is 3. The van der Waals surface area contributed by atoms with E-state index in [1.165, 1.54) is 36.3 Å². The third-order valence-electron chi connectivity index (χ3n) is 4.82. The topological polar surface area (TPSA) is 47.4 Å². The lowest BCUT2D eigenvalue weighted by Gasteiger charge is -2.36. The van der Waals surface area contributed by atoms with Gasteiger partial charge < -0.3 is 9.64 Å². The van der Waals surface area contributed by atoms with Gasteiger partial charge in [-0.2, -0.15) is 18.3 Å². The molecule has 0 aliphatic carbocycles. The average molecular weight is 402 g/mol. The van der Waals surface area contributed by atoms with Crippen LogP contribution in [-0.2, 0) is 10.9 Å². The van der Waals surface area contributed by atoms with Gasteiger partial charge in [-0.3, -0.25) is 4.79 Å². The molecule has 2 aromatic rings. The zero-order chi connectivity index (χ0) is 19.8. The monoisotopic (exact) mass is 401 g/mol. The van der Waals surface area contributed by atoms with E-state index in [1.807, 2.05) is 6.92 Å². The van der Waals surface area contributed by atoms with E-state index in [0.29, 0.717) is 18.0 Å². The molecule has 27 heavy (non-hydrogen) atoms. The summed E-state index contributed by atoms with van der Waals surface area (Å²) in [7, 11) is 1.54. The number of piperidine rings is 1.